The summed E-state index contributed by atoms with van der Waals surface area (Å²) in [4.78, 5) is 29.7. The first-order chi connectivity index (χ1) is 7.84. The highest BCUT2D eigenvalue weighted by Gasteiger charge is 2.10. The summed E-state index contributed by atoms with van der Waals surface area (Å²) in [7, 11) is 0. The Hall–Kier alpha value is -2.57. The van der Waals surface area contributed by atoms with Crippen molar-refractivity contribution in [3.8, 4) is 5.75 Å². The third-order valence-corrected chi connectivity index (χ3v) is 1.37. The van der Waals surface area contributed by atoms with E-state index in [0.29, 0.717) is 0 Å². The SMILES string of the molecule is CC(=O)Oc1ccccc1C(=O)O.O=C(O)O. The second-order valence-electron chi connectivity index (χ2n) is 2.68. The zero-order valence-electron chi connectivity index (χ0n) is 8.78. The molecule has 0 heterocycles. The molecule has 0 aliphatic rings. The highest BCUT2D eigenvalue weighted by atomic mass is 16.6. The lowest BCUT2D eigenvalue weighted by molar-refractivity contribution is -0.131. The summed E-state index contributed by atoms with van der Waals surface area (Å²) in [5, 5.41) is 22.6. The molecule has 0 amide bonds. The van der Waals surface area contributed by atoms with Crippen LogP contribution in [-0.2, 0) is 4.79 Å². The van der Waals surface area contributed by atoms with Crippen molar-refractivity contribution >= 4 is 18.1 Å². The van der Waals surface area contributed by atoms with Gasteiger partial charge in [0.25, 0.3) is 0 Å². The summed E-state index contributed by atoms with van der Waals surface area (Å²) in [6.45, 7) is 1.22. The van der Waals surface area contributed by atoms with Crippen LogP contribution in [0.5, 0.6) is 5.75 Å². The van der Waals surface area contributed by atoms with Crippen molar-refractivity contribution in [2.75, 3.05) is 0 Å². The molecule has 7 nitrogen and oxygen atoms in total. The normalized spacial score (nSPS) is 8.53. The van der Waals surface area contributed by atoms with Gasteiger partial charge in [-0.2, -0.15) is 0 Å². The van der Waals surface area contributed by atoms with Gasteiger partial charge in [-0.3, -0.25) is 4.79 Å². The predicted octanol–water partition coefficient (Wildman–Crippen LogP) is 1.53. The molecular weight excluding hydrogens is 232 g/mol. The van der Waals surface area contributed by atoms with Crippen LogP contribution < -0.4 is 4.74 Å². The number of rotatable bonds is 2. The van der Waals surface area contributed by atoms with Gasteiger partial charge in [-0.05, 0) is 12.1 Å². The fourth-order valence-electron chi connectivity index (χ4n) is 0.887. The Balaban J connectivity index is 0.000000557. The van der Waals surface area contributed by atoms with Crippen molar-refractivity contribution in [3.05, 3.63) is 29.8 Å². The molecule has 1 rings (SSSR count). The summed E-state index contributed by atoms with van der Waals surface area (Å²) in [6, 6.07) is 5.98. The van der Waals surface area contributed by atoms with Gasteiger partial charge in [-0.15, -0.1) is 0 Å². The largest absolute Gasteiger partial charge is 0.503 e. The molecule has 0 saturated heterocycles. The number of aromatic carboxylic acids is 1. The molecule has 17 heavy (non-hydrogen) atoms. The van der Waals surface area contributed by atoms with Crippen LogP contribution >= 0.6 is 0 Å². The van der Waals surface area contributed by atoms with Gasteiger partial charge in [-0.1, -0.05) is 12.1 Å². The lowest BCUT2D eigenvalue weighted by atomic mass is 10.2. The first kappa shape index (κ1) is 14.4. The van der Waals surface area contributed by atoms with E-state index in [4.69, 9.17) is 20.1 Å². The van der Waals surface area contributed by atoms with E-state index in [-0.39, 0.29) is 11.3 Å². The average molecular weight is 242 g/mol. The summed E-state index contributed by atoms with van der Waals surface area (Å²) in [5.74, 6) is -1.58. The molecule has 7 heteroatoms. The molecule has 0 aromatic heterocycles. The van der Waals surface area contributed by atoms with Crippen molar-refractivity contribution in [1.29, 1.82) is 0 Å². The Kier molecular flexibility index (Phi) is 5.80. The van der Waals surface area contributed by atoms with E-state index < -0.39 is 18.1 Å². The number of carboxylic acid groups (broad SMARTS) is 3. The van der Waals surface area contributed by atoms with Crippen molar-refractivity contribution in [1.82, 2.24) is 0 Å². The molecule has 0 aliphatic carbocycles. The quantitative estimate of drug-likeness (QED) is 0.531. The van der Waals surface area contributed by atoms with E-state index in [1.807, 2.05) is 0 Å². The molecule has 3 N–H and O–H groups in total. The number of ether oxygens (including phenoxy) is 1. The zero-order valence-corrected chi connectivity index (χ0v) is 8.78. The summed E-state index contributed by atoms with van der Waals surface area (Å²) >= 11 is 0. The number of hydrogen-bond donors (Lipinski definition) is 3. The Labute approximate surface area is 95.9 Å². The molecular formula is C10H10O7. The van der Waals surface area contributed by atoms with Gasteiger partial charge < -0.3 is 20.1 Å². The van der Waals surface area contributed by atoms with Crippen LogP contribution in [0.3, 0.4) is 0 Å². The summed E-state index contributed by atoms with van der Waals surface area (Å²) < 4.78 is 4.69. The number of para-hydroxylation sites is 1. The summed E-state index contributed by atoms with van der Waals surface area (Å²) in [5.41, 5.74) is -0.0160. The summed E-state index contributed by atoms with van der Waals surface area (Å²) in [6.07, 6.45) is -1.83. The van der Waals surface area contributed by atoms with Crippen LogP contribution in [-0.4, -0.2) is 33.4 Å². The molecule has 0 radical (unpaired) electrons. The fourth-order valence-corrected chi connectivity index (χ4v) is 0.887. The molecule has 0 spiro atoms. The highest BCUT2D eigenvalue weighted by Crippen LogP contribution is 2.17. The Morgan fingerprint density at radius 3 is 1.94 bits per heavy atom. The Morgan fingerprint density at radius 1 is 1.06 bits per heavy atom. The smallest absolute Gasteiger partial charge is 0.478 e. The molecule has 1 aromatic carbocycles. The number of carbonyl (C=O) groups excluding carboxylic acids is 1. The van der Waals surface area contributed by atoms with E-state index in [9.17, 15) is 9.59 Å². The minimum atomic E-state index is -1.83. The molecule has 0 unspecified atom stereocenters. The van der Waals surface area contributed by atoms with E-state index in [1.165, 1.54) is 19.1 Å². The number of carbonyl (C=O) groups is 3. The van der Waals surface area contributed by atoms with Crippen molar-refractivity contribution < 1.29 is 34.4 Å². The second kappa shape index (κ2) is 6.83. The number of hydrogen-bond acceptors (Lipinski definition) is 4. The molecule has 1 aromatic rings. The van der Waals surface area contributed by atoms with Crippen LogP contribution in [0.1, 0.15) is 17.3 Å². The maximum Gasteiger partial charge on any atom is 0.503 e. The number of esters is 1. The van der Waals surface area contributed by atoms with Crippen molar-refractivity contribution in [3.63, 3.8) is 0 Å². The van der Waals surface area contributed by atoms with Crippen LogP contribution in [0.15, 0.2) is 24.3 Å². The van der Waals surface area contributed by atoms with Gasteiger partial charge in [0.15, 0.2) is 0 Å². The number of carboxylic acids is 1. The zero-order chi connectivity index (χ0) is 13.4. The molecule has 92 valence electrons. The Bertz CT molecular complexity index is 420. The average Bonchev–Trinajstić information content (AvgIpc) is 2.16. The molecule has 0 fully saturated rings. The third-order valence-electron chi connectivity index (χ3n) is 1.37. The standard InChI is InChI=1S/C9H8O4.CH2O3/c1-6(10)13-8-5-3-2-4-7(8)9(11)12;2-1(3)4/h2-5H,1H3,(H,11,12);(H2,2,3,4). The fraction of sp³-hybridized carbons (Fsp3) is 0.100. The second-order valence-corrected chi connectivity index (χ2v) is 2.68. The van der Waals surface area contributed by atoms with Gasteiger partial charge in [0.05, 0.1) is 0 Å². The van der Waals surface area contributed by atoms with Gasteiger partial charge in [-0.25, -0.2) is 9.59 Å². The van der Waals surface area contributed by atoms with Crippen LogP contribution in [0.25, 0.3) is 0 Å². The molecule has 0 bridgehead atoms. The first-order valence-corrected chi connectivity index (χ1v) is 4.27. The first-order valence-electron chi connectivity index (χ1n) is 4.27. The van der Waals surface area contributed by atoms with E-state index in [0.717, 1.165) is 0 Å². The van der Waals surface area contributed by atoms with Gasteiger partial charge in [0, 0.05) is 6.92 Å². The molecule has 0 saturated carbocycles. The van der Waals surface area contributed by atoms with Gasteiger partial charge in [0.1, 0.15) is 11.3 Å². The lowest BCUT2D eigenvalue weighted by Gasteiger charge is -2.03. The van der Waals surface area contributed by atoms with Gasteiger partial charge >= 0.3 is 18.1 Å². The number of benzene rings is 1. The minimum absolute atomic E-state index is 0.0160. The topological polar surface area (TPSA) is 121 Å². The Morgan fingerprint density at radius 2 is 1.53 bits per heavy atom. The highest BCUT2D eigenvalue weighted by molar-refractivity contribution is 5.91. The monoisotopic (exact) mass is 242 g/mol. The van der Waals surface area contributed by atoms with E-state index >= 15 is 0 Å². The minimum Gasteiger partial charge on any atom is -0.478 e. The van der Waals surface area contributed by atoms with Crippen molar-refractivity contribution in [2.45, 2.75) is 6.92 Å². The molecule has 0 aliphatic heterocycles. The predicted molar refractivity (Wildman–Crippen MR) is 55.4 cm³/mol. The van der Waals surface area contributed by atoms with Crippen LogP contribution in [0, 0.1) is 0 Å². The lowest BCUT2D eigenvalue weighted by Crippen LogP contribution is -2.06. The van der Waals surface area contributed by atoms with Crippen LogP contribution in [0.2, 0.25) is 0 Å². The van der Waals surface area contributed by atoms with Gasteiger partial charge in [0.2, 0.25) is 0 Å². The van der Waals surface area contributed by atoms with E-state index in [2.05, 4.69) is 4.74 Å². The van der Waals surface area contributed by atoms with E-state index in [1.54, 1.807) is 12.1 Å². The van der Waals surface area contributed by atoms with Crippen molar-refractivity contribution in [2.24, 2.45) is 0 Å². The molecule has 0 atom stereocenters. The van der Waals surface area contributed by atoms with Crippen LogP contribution in [0.4, 0.5) is 4.79 Å². The maximum absolute atomic E-state index is 10.6. The third kappa shape index (κ3) is 6.50. The maximum atomic E-state index is 10.6.